The van der Waals surface area contributed by atoms with Crippen LogP contribution < -0.4 is 10.2 Å². The number of phenolic OH excluding ortho intramolecular Hbond substituents is 1. The smallest absolute Gasteiger partial charge is 0.307 e. The highest BCUT2D eigenvalue weighted by molar-refractivity contribution is 9.13. The molecule has 29 heavy (non-hydrogen) atoms. The molecule has 0 atom stereocenters. The van der Waals surface area contributed by atoms with Gasteiger partial charge in [-0.25, -0.2) is 5.43 Å². The van der Waals surface area contributed by atoms with E-state index in [-0.39, 0.29) is 22.9 Å². The van der Waals surface area contributed by atoms with Gasteiger partial charge in [0.05, 0.1) is 22.2 Å². The summed E-state index contributed by atoms with van der Waals surface area (Å²) in [4.78, 5) is 22.6. The molecule has 0 aliphatic carbocycles. The Bertz CT molecular complexity index is 1140. The Hall–Kier alpha value is -2.92. The zero-order chi connectivity index (χ0) is 21.1. The molecule has 2 aromatic carbocycles. The predicted octanol–water partition coefficient (Wildman–Crippen LogP) is 4.73. The SMILES string of the molecule is CCOc1cc(/C=N/NC(=O)c2cc3cc([N+](=O)[O-])ccc3o2)c(Br)c(Br)c1O. The second-order valence-electron chi connectivity index (χ2n) is 5.66. The summed E-state index contributed by atoms with van der Waals surface area (Å²) < 4.78 is 11.7. The van der Waals surface area contributed by atoms with E-state index < -0.39 is 10.8 Å². The van der Waals surface area contributed by atoms with Gasteiger partial charge in [-0.05, 0) is 57.0 Å². The number of amides is 1. The monoisotopic (exact) mass is 525 g/mol. The highest BCUT2D eigenvalue weighted by Gasteiger charge is 2.16. The van der Waals surface area contributed by atoms with Crippen molar-refractivity contribution >= 4 is 60.6 Å². The van der Waals surface area contributed by atoms with Gasteiger partial charge < -0.3 is 14.3 Å². The van der Waals surface area contributed by atoms with Gasteiger partial charge in [-0.2, -0.15) is 5.10 Å². The number of hydrogen-bond donors (Lipinski definition) is 2. The van der Waals surface area contributed by atoms with Gasteiger partial charge in [0.25, 0.3) is 5.69 Å². The number of nitro benzene ring substituents is 1. The predicted molar refractivity (Wildman–Crippen MR) is 113 cm³/mol. The molecule has 0 radical (unpaired) electrons. The van der Waals surface area contributed by atoms with Crippen LogP contribution in [0.2, 0.25) is 0 Å². The highest BCUT2D eigenvalue weighted by atomic mass is 79.9. The molecule has 1 amide bonds. The molecule has 2 N–H and O–H groups in total. The molecule has 11 heteroatoms. The van der Waals surface area contributed by atoms with E-state index in [4.69, 9.17) is 9.15 Å². The van der Waals surface area contributed by atoms with Crippen molar-refractivity contribution in [1.82, 2.24) is 5.43 Å². The first-order valence-electron chi connectivity index (χ1n) is 8.17. The van der Waals surface area contributed by atoms with E-state index in [0.29, 0.717) is 32.1 Å². The van der Waals surface area contributed by atoms with Crippen LogP contribution in [0.4, 0.5) is 5.69 Å². The van der Waals surface area contributed by atoms with Crippen LogP contribution in [-0.2, 0) is 0 Å². The minimum atomic E-state index is -0.626. The van der Waals surface area contributed by atoms with Crippen molar-refractivity contribution in [2.24, 2.45) is 5.10 Å². The fourth-order valence-electron chi connectivity index (χ4n) is 2.44. The molecule has 0 unspecified atom stereocenters. The summed E-state index contributed by atoms with van der Waals surface area (Å²) in [7, 11) is 0. The number of nitrogens with zero attached hydrogens (tertiary/aromatic N) is 2. The summed E-state index contributed by atoms with van der Waals surface area (Å²) in [6, 6.07) is 6.99. The Morgan fingerprint density at radius 1 is 1.34 bits per heavy atom. The quantitative estimate of drug-likeness (QED) is 0.271. The molecule has 3 aromatic rings. The fourth-order valence-corrected chi connectivity index (χ4v) is 3.27. The number of benzene rings is 2. The third-order valence-electron chi connectivity index (χ3n) is 3.78. The van der Waals surface area contributed by atoms with Crippen LogP contribution >= 0.6 is 31.9 Å². The van der Waals surface area contributed by atoms with E-state index in [1.54, 1.807) is 13.0 Å². The Morgan fingerprint density at radius 3 is 2.79 bits per heavy atom. The number of halogens is 2. The number of nitrogens with one attached hydrogen (secondary N) is 1. The molecule has 0 saturated heterocycles. The van der Waals surface area contributed by atoms with Crippen LogP contribution in [0, 0.1) is 10.1 Å². The van der Waals surface area contributed by atoms with Crippen molar-refractivity contribution in [3.8, 4) is 11.5 Å². The number of hydrogen-bond acceptors (Lipinski definition) is 7. The van der Waals surface area contributed by atoms with Crippen LogP contribution in [0.25, 0.3) is 11.0 Å². The summed E-state index contributed by atoms with van der Waals surface area (Å²) in [5.41, 5.74) is 3.11. The lowest BCUT2D eigenvalue weighted by Gasteiger charge is -2.10. The Kier molecular flexibility index (Phi) is 6.18. The van der Waals surface area contributed by atoms with E-state index in [1.165, 1.54) is 30.5 Å². The maximum absolute atomic E-state index is 12.3. The van der Waals surface area contributed by atoms with Crippen molar-refractivity contribution in [2.45, 2.75) is 6.92 Å². The minimum Gasteiger partial charge on any atom is -0.503 e. The number of ether oxygens (including phenoxy) is 1. The van der Waals surface area contributed by atoms with E-state index in [2.05, 4.69) is 42.4 Å². The molecule has 150 valence electrons. The van der Waals surface area contributed by atoms with Crippen molar-refractivity contribution in [1.29, 1.82) is 0 Å². The number of fused-ring (bicyclic) bond motifs is 1. The second kappa shape index (κ2) is 8.62. The number of furan rings is 1. The third kappa shape index (κ3) is 4.40. The van der Waals surface area contributed by atoms with Crippen molar-refractivity contribution in [3.05, 3.63) is 60.7 Å². The lowest BCUT2D eigenvalue weighted by atomic mass is 10.2. The van der Waals surface area contributed by atoms with Gasteiger partial charge in [-0.3, -0.25) is 14.9 Å². The summed E-state index contributed by atoms with van der Waals surface area (Å²) in [5, 5.41) is 25.2. The third-order valence-corrected chi connectivity index (χ3v) is 5.94. The number of hydrazone groups is 1. The summed E-state index contributed by atoms with van der Waals surface area (Å²) >= 11 is 6.59. The number of rotatable bonds is 6. The van der Waals surface area contributed by atoms with Crippen LogP contribution in [0.1, 0.15) is 23.0 Å². The maximum atomic E-state index is 12.3. The number of phenols is 1. The standard InChI is InChI=1S/C18H13Br2N3O6/c1-2-28-13-7-10(15(19)16(20)17(13)24)8-21-22-18(25)14-6-9-5-11(23(26)27)3-4-12(9)29-14/h3-8,24H,2H2,1H3,(H,22,25)/b21-8+. The molecule has 1 heterocycles. The van der Waals surface area contributed by atoms with E-state index in [0.717, 1.165) is 0 Å². The van der Waals surface area contributed by atoms with E-state index >= 15 is 0 Å². The molecular formula is C18H13Br2N3O6. The van der Waals surface area contributed by atoms with Gasteiger partial charge in [0.1, 0.15) is 5.58 Å². The van der Waals surface area contributed by atoms with E-state index in [9.17, 15) is 20.0 Å². The second-order valence-corrected chi connectivity index (χ2v) is 7.25. The van der Waals surface area contributed by atoms with Gasteiger partial charge in [-0.1, -0.05) is 0 Å². The van der Waals surface area contributed by atoms with Gasteiger partial charge in [-0.15, -0.1) is 0 Å². The molecule has 0 spiro atoms. The molecule has 3 rings (SSSR count). The number of aromatic hydroxyl groups is 1. The number of carbonyl (C=O) groups excluding carboxylic acids is 1. The first kappa shape index (κ1) is 20.8. The van der Waals surface area contributed by atoms with Crippen LogP contribution in [0.3, 0.4) is 0 Å². The van der Waals surface area contributed by atoms with Gasteiger partial charge in [0.15, 0.2) is 17.3 Å². The Balaban J connectivity index is 1.79. The Labute approximate surface area is 180 Å². The molecule has 9 nitrogen and oxygen atoms in total. The number of carbonyl (C=O) groups is 1. The first-order chi connectivity index (χ1) is 13.8. The average molecular weight is 527 g/mol. The van der Waals surface area contributed by atoms with E-state index in [1.807, 2.05) is 0 Å². The largest absolute Gasteiger partial charge is 0.503 e. The molecule has 0 saturated carbocycles. The maximum Gasteiger partial charge on any atom is 0.307 e. The molecular weight excluding hydrogens is 514 g/mol. The summed E-state index contributed by atoms with van der Waals surface area (Å²) in [6.45, 7) is 2.14. The van der Waals surface area contributed by atoms with Crippen molar-refractivity contribution in [3.63, 3.8) is 0 Å². The minimum absolute atomic E-state index is 0.0430. The molecule has 0 aliphatic heterocycles. The van der Waals surface area contributed by atoms with Gasteiger partial charge in [0, 0.05) is 27.6 Å². The zero-order valence-corrected chi connectivity index (χ0v) is 18.0. The fraction of sp³-hybridized carbons (Fsp3) is 0.111. The zero-order valence-electron chi connectivity index (χ0n) is 14.8. The molecule has 0 bridgehead atoms. The number of nitro groups is 1. The van der Waals surface area contributed by atoms with Crippen LogP contribution in [0.15, 0.2) is 48.8 Å². The number of non-ortho nitro benzene ring substituents is 1. The lowest BCUT2D eigenvalue weighted by molar-refractivity contribution is -0.384. The van der Waals surface area contributed by atoms with Crippen LogP contribution in [-0.4, -0.2) is 28.8 Å². The van der Waals surface area contributed by atoms with Gasteiger partial charge >= 0.3 is 5.91 Å². The lowest BCUT2D eigenvalue weighted by Crippen LogP contribution is -2.16. The topological polar surface area (TPSA) is 127 Å². The highest BCUT2D eigenvalue weighted by Crippen LogP contribution is 2.41. The summed E-state index contributed by atoms with van der Waals surface area (Å²) in [6.07, 6.45) is 1.36. The summed E-state index contributed by atoms with van der Waals surface area (Å²) in [5.74, 6) is -0.469. The Morgan fingerprint density at radius 2 is 2.10 bits per heavy atom. The van der Waals surface area contributed by atoms with Gasteiger partial charge in [0.2, 0.25) is 0 Å². The molecule has 1 aromatic heterocycles. The van der Waals surface area contributed by atoms with Crippen molar-refractivity contribution < 1.29 is 24.0 Å². The molecule has 0 fully saturated rings. The first-order valence-corrected chi connectivity index (χ1v) is 9.75. The van der Waals surface area contributed by atoms with Crippen LogP contribution in [0.5, 0.6) is 11.5 Å². The molecule has 0 aliphatic rings. The average Bonchev–Trinajstić information content (AvgIpc) is 3.13. The van der Waals surface area contributed by atoms with Crippen molar-refractivity contribution in [2.75, 3.05) is 6.61 Å². The normalized spacial score (nSPS) is 11.1.